The zero-order valence-corrected chi connectivity index (χ0v) is 16.8. The quantitative estimate of drug-likeness (QED) is 0.229. The van der Waals surface area contributed by atoms with Gasteiger partial charge in [0, 0.05) is 0 Å². The van der Waals surface area contributed by atoms with E-state index in [2.05, 4.69) is 13.3 Å². The van der Waals surface area contributed by atoms with Gasteiger partial charge in [-0.2, -0.15) is 0 Å². The molecule has 0 N–H and O–H groups in total. The first kappa shape index (κ1) is 32.4. The monoisotopic (exact) mass is 452 g/mol. The van der Waals surface area contributed by atoms with Crippen LogP contribution in [0.25, 0.3) is 0 Å². The fraction of sp³-hybridized carbons (Fsp3) is 0. The van der Waals surface area contributed by atoms with Crippen LogP contribution in [0.2, 0.25) is 0 Å². The summed E-state index contributed by atoms with van der Waals surface area (Å²) in [5.74, 6) is 0. The maximum Gasteiger partial charge on any atom is 6.00 e. The summed E-state index contributed by atoms with van der Waals surface area (Å²) >= 11 is 29.4. The molecule has 0 aliphatic heterocycles. The second-order valence-corrected chi connectivity index (χ2v) is 12.7. The number of halogens is 6. The Balaban J connectivity index is -0.0000000457. The molecular weight excluding hydrogens is 449 g/mol. The molecule has 0 spiro atoms. The minimum atomic E-state index is -1.46. The molecule has 1 aromatic rings. The molecule has 19 heavy (non-hydrogen) atoms. The Labute approximate surface area is 155 Å². The number of benzene rings is 1. The van der Waals surface area contributed by atoms with Crippen molar-refractivity contribution in [1.82, 2.24) is 0 Å². The van der Waals surface area contributed by atoms with Gasteiger partial charge < -0.3 is 0 Å². The minimum absolute atomic E-state index is 0. The third-order valence-corrected chi connectivity index (χ3v) is 0.667. The Bertz CT molecular complexity index is 219. The molecule has 0 aliphatic rings. The topological polar surface area (TPSA) is 39.8 Å². The van der Waals surface area contributed by atoms with Crippen LogP contribution < -0.4 is 0 Å². The van der Waals surface area contributed by atoms with Gasteiger partial charge in [0.25, 0.3) is 0 Å². The zero-order chi connectivity index (χ0) is 15.4. The summed E-state index contributed by atoms with van der Waals surface area (Å²) < 4.78 is 15.0. The van der Waals surface area contributed by atoms with Crippen molar-refractivity contribution in [3.05, 3.63) is 49.7 Å². The van der Waals surface area contributed by atoms with Crippen molar-refractivity contribution in [1.29, 1.82) is 0 Å². The third kappa shape index (κ3) is 107. The van der Waals surface area contributed by atoms with Crippen LogP contribution in [0.4, 0.5) is 0 Å². The Morgan fingerprint density at radius 3 is 0.632 bits per heavy atom. The molecule has 0 aliphatic carbocycles. The van der Waals surface area contributed by atoms with Crippen LogP contribution in [0.3, 0.4) is 0 Å². The molecule has 0 heterocycles. The number of hydrogen-bond acceptors (Lipinski definition) is 0. The van der Waals surface area contributed by atoms with Gasteiger partial charge in [-0.15, -0.1) is 66.5 Å². The minimum Gasteiger partial charge on any atom is -0.0623 e. The van der Waals surface area contributed by atoms with E-state index in [9.17, 15) is 0 Å². The van der Waals surface area contributed by atoms with E-state index in [0.717, 1.165) is 0 Å². The first-order chi connectivity index (χ1) is 8.46. The first-order valence-corrected chi connectivity index (χ1v) is 12.6. The fourth-order valence-corrected chi connectivity index (χ4v) is 0.385. The van der Waals surface area contributed by atoms with Gasteiger partial charge in [-0.1, -0.05) is 36.4 Å². The molecule has 100 valence electrons. The molecule has 0 unspecified atom stereocenters. The second-order valence-electron chi connectivity index (χ2n) is 1.58. The van der Waals surface area contributed by atoms with Gasteiger partial charge in [0.2, 0.25) is 0 Å². The molecule has 0 amide bonds. The average Bonchev–Trinajstić information content (AvgIpc) is 2.35. The molecule has 0 saturated carbocycles. The Hall–Kier alpha value is 1.41. The molecule has 2 radical (unpaired) electrons. The van der Waals surface area contributed by atoms with Crippen LogP contribution in [0.1, 0.15) is 0 Å². The van der Waals surface area contributed by atoms with Crippen LogP contribution in [-0.4, -0.2) is 13.5 Å². The maximum atomic E-state index is 7.50. The van der Waals surface area contributed by atoms with Crippen molar-refractivity contribution in [2.75, 3.05) is 0 Å². The van der Waals surface area contributed by atoms with Gasteiger partial charge >= 0.3 is 53.4 Å². The summed E-state index contributed by atoms with van der Waals surface area (Å²) in [5.41, 5.74) is 0. The summed E-state index contributed by atoms with van der Waals surface area (Å²) in [7, 11) is 0. The van der Waals surface area contributed by atoms with Crippen molar-refractivity contribution < 1.29 is 26.7 Å². The summed E-state index contributed by atoms with van der Waals surface area (Å²) in [6, 6.07) is 12.0. The van der Waals surface area contributed by atoms with E-state index >= 15 is 0 Å². The van der Waals surface area contributed by atoms with Crippen LogP contribution in [0, 0.1) is 13.3 Å². The molecule has 0 fully saturated rings. The van der Waals surface area contributed by atoms with E-state index in [-0.39, 0.29) is 17.4 Å². The molecular formula is C8H6Cl6CrO2Si2+6. The number of rotatable bonds is 0. The van der Waals surface area contributed by atoms with Crippen molar-refractivity contribution in [2.24, 2.45) is 0 Å². The second kappa shape index (κ2) is 36.6. The van der Waals surface area contributed by atoms with Crippen LogP contribution in [0.5, 0.6) is 0 Å². The van der Waals surface area contributed by atoms with E-state index in [1.54, 1.807) is 0 Å². The predicted molar refractivity (Wildman–Crippen MR) is 80.9 cm³/mol. The number of hydrogen-bond donors (Lipinski definition) is 0. The first-order valence-electron chi connectivity index (χ1n) is 3.54. The SMILES string of the molecule is Cl[Si](Cl)Cl.Cl[Si](Cl)Cl.[C-]#[O+].[C-]#[O+].[Cr+6].c1ccccc1. The molecule has 0 aromatic heterocycles. The Morgan fingerprint density at radius 1 is 0.526 bits per heavy atom. The van der Waals surface area contributed by atoms with E-state index in [0.29, 0.717) is 0 Å². The van der Waals surface area contributed by atoms with Crippen molar-refractivity contribution in [3.63, 3.8) is 0 Å². The molecule has 0 saturated heterocycles. The van der Waals surface area contributed by atoms with Gasteiger partial charge in [-0.3, -0.25) is 0 Å². The van der Waals surface area contributed by atoms with Gasteiger partial charge in [0.1, 0.15) is 0 Å². The Kier molecular flexibility index (Phi) is 62.3. The largest absolute Gasteiger partial charge is 6.00 e. The summed E-state index contributed by atoms with van der Waals surface area (Å²) in [6.07, 6.45) is 0. The van der Waals surface area contributed by atoms with Crippen LogP contribution in [0.15, 0.2) is 36.4 Å². The third-order valence-electron chi connectivity index (χ3n) is 0.667. The summed E-state index contributed by atoms with van der Waals surface area (Å²) in [6.45, 7) is 6.07. The molecule has 0 atom stereocenters. The molecule has 1 rings (SSSR count). The van der Waals surface area contributed by atoms with Crippen molar-refractivity contribution in [3.8, 4) is 0 Å². The van der Waals surface area contributed by atoms with Gasteiger partial charge in [0.05, 0.1) is 0 Å². The van der Waals surface area contributed by atoms with Crippen molar-refractivity contribution in [2.45, 2.75) is 0 Å². The van der Waals surface area contributed by atoms with Crippen LogP contribution >= 0.6 is 66.5 Å². The average molecular weight is 455 g/mol. The van der Waals surface area contributed by atoms with Crippen molar-refractivity contribution >= 4 is 79.9 Å². The van der Waals surface area contributed by atoms with E-state index in [4.69, 9.17) is 75.8 Å². The molecule has 0 bridgehead atoms. The Morgan fingerprint density at radius 2 is 0.579 bits per heavy atom. The summed E-state index contributed by atoms with van der Waals surface area (Å²) in [5, 5.41) is 0. The summed E-state index contributed by atoms with van der Waals surface area (Å²) in [4.78, 5) is 0. The zero-order valence-electron chi connectivity index (χ0n) is 8.96. The smallest absolute Gasteiger partial charge is 0.0623 e. The van der Waals surface area contributed by atoms with Crippen LogP contribution in [-0.2, 0) is 26.7 Å². The molecule has 11 heteroatoms. The predicted octanol–water partition coefficient (Wildman–Crippen LogP) is 4.98. The fourth-order valence-electron chi connectivity index (χ4n) is 0.385. The van der Waals surface area contributed by atoms with E-state index in [1.807, 2.05) is 36.4 Å². The van der Waals surface area contributed by atoms with E-state index in [1.165, 1.54) is 0 Å². The standard InChI is InChI=1S/C6H6.2CO.2Cl3Si.Cr/c1-2-4-6-5-3-1;2*1-2;2*1-4(2)3;/h1-6H;;;;;/q;;;;;+6. The van der Waals surface area contributed by atoms with Gasteiger partial charge in [-0.25, -0.2) is 0 Å². The molecule has 2 nitrogen and oxygen atoms in total. The normalized spacial score (nSPS) is 6.53. The van der Waals surface area contributed by atoms with Gasteiger partial charge in [-0.05, 0) is 0 Å². The van der Waals surface area contributed by atoms with E-state index < -0.39 is 13.5 Å². The van der Waals surface area contributed by atoms with Gasteiger partial charge in [0.15, 0.2) is 0 Å². The molecule has 1 aromatic carbocycles. The maximum absolute atomic E-state index is 7.50.